The molecule has 8 heteroatoms. The Balaban J connectivity index is 1.69. The van der Waals surface area contributed by atoms with Crippen LogP contribution in [0.1, 0.15) is 5.56 Å². The van der Waals surface area contributed by atoms with Gasteiger partial charge in [-0.2, -0.15) is 10.2 Å². The number of nitrogens with zero attached hydrogens (tertiary/aromatic N) is 4. The molecule has 0 saturated carbocycles. The van der Waals surface area contributed by atoms with Crippen molar-refractivity contribution in [1.29, 1.82) is 0 Å². The Hall–Kier alpha value is -2.67. The molecule has 0 unspecified atom stereocenters. The number of hydrogen-bond acceptors (Lipinski definition) is 4. The van der Waals surface area contributed by atoms with Gasteiger partial charge in [-0.3, -0.25) is 10.4 Å². The third-order valence-electron chi connectivity index (χ3n) is 4.10. The van der Waals surface area contributed by atoms with Crippen LogP contribution < -0.4 is 5.43 Å². The van der Waals surface area contributed by atoms with Gasteiger partial charge in [0.2, 0.25) is 0 Å². The number of hydrazone groups is 1. The quantitative estimate of drug-likeness (QED) is 0.260. The number of anilines is 1. The molecule has 29 heavy (non-hydrogen) atoms. The summed E-state index contributed by atoms with van der Waals surface area (Å²) in [4.78, 5) is 4.08. The summed E-state index contributed by atoms with van der Waals surface area (Å²) in [5.74, 6) is 0. The van der Waals surface area contributed by atoms with Gasteiger partial charge in [-0.05, 0) is 36.4 Å². The number of pyridine rings is 1. The van der Waals surface area contributed by atoms with Crippen LogP contribution in [-0.2, 0) is 0 Å². The first kappa shape index (κ1) is 19.6. The van der Waals surface area contributed by atoms with Gasteiger partial charge in [-0.15, -0.1) is 0 Å². The Morgan fingerprint density at radius 1 is 1.00 bits per heavy atom. The zero-order valence-electron chi connectivity index (χ0n) is 14.9. The van der Waals surface area contributed by atoms with E-state index in [9.17, 15) is 0 Å². The van der Waals surface area contributed by atoms with Crippen molar-refractivity contribution in [3.05, 3.63) is 93.3 Å². The third-order valence-corrected chi connectivity index (χ3v) is 5.16. The molecule has 4 rings (SSSR count). The van der Waals surface area contributed by atoms with E-state index in [2.05, 4.69) is 31.4 Å². The van der Waals surface area contributed by atoms with Crippen molar-refractivity contribution in [2.45, 2.75) is 0 Å². The molecule has 2 heterocycles. The zero-order chi connectivity index (χ0) is 20.2. The molecule has 2 aromatic carbocycles. The highest BCUT2D eigenvalue weighted by Crippen LogP contribution is 2.33. The summed E-state index contributed by atoms with van der Waals surface area (Å²) in [6.07, 6.45) is 7.08. The number of aromatic nitrogens is 3. The van der Waals surface area contributed by atoms with Crippen LogP contribution in [0, 0.1) is 0 Å². The van der Waals surface area contributed by atoms with Gasteiger partial charge < -0.3 is 0 Å². The van der Waals surface area contributed by atoms with Gasteiger partial charge in [-0.1, -0.05) is 57.3 Å². The van der Waals surface area contributed by atoms with Gasteiger partial charge in [0.25, 0.3) is 0 Å². The molecule has 5 nitrogen and oxygen atoms in total. The molecule has 4 aromatic rings. The molecule has 0 radical (unpaired) electrons. The fraction of sp³-hybridized carbons (Fsp3) is 0. The fourth-order valence-corrected chi connectivity index (χ4v) is 4.04. The predicted molar refractivity (Wildman–Crippen MR) is 122 cm³/mol. The van der Waals surface area contributed by atoms with Gasteiger partial charge in [0.15, 0.2) is 0 Å². The number of hydrogen-bond donors (Lipinski definition) is 1. The van der Waals surface area contributed by atoms with Crippen LogP contribution in [-0.4, -0.2) is 21.0 Å². The minimum atomic E-state index is 0.468. The van der Waals surface area contributed by atoms with Gasteiger partial charge in [0.05, 0.1) is 27.6 Å². The van der Waals surface area contributed by atoms with Gasteiger partial charge in [0.1, 0.15) is 5.69 Å². The summed E-state index contributed by atoms with van der Waals surface area (Å²) in [5, 5.41) is 10.00. The molecule has 0 aliphatic rings. The molecule has 0 saturated heterocycles. The minimum absolute atomic E-state index is 0.468. The highest BCUT2D eigenvalue weighted by Gasteiger charge is 2.11. The Bertz CT molecular complexity index is 1140. The van der Waals surface area contributed by atoms with E-state index in [-0.39, 0.29) is 0 Å². The standard InChI is InChI=1S/C21H14BrCl2N5/c22-16-10-18(23)21(19(24)11-16)27-26-12-15-13-29(17-4-2-1-3-5-17)28-20(15)14-6-8-25-9-7-14/h1-13,27H. The summed E-state index contributed by atoms with van der Waals surface area (Å²) in [6, 6.07) is 17.2. The maximum absolute atomic E-state index is 6.25. The van der Waals surface area contributed by atoms with Crippen LogP contribution >= 0.6 is 39.1 Å². The highest BCUT2D eigenvalue weighted by atomic mass is 79.9. The van der Waals surface area contributed by atoms with E-state index in [1.807, 2.05) is 53.3 Å². The third kappa shape index (κ3) is 4.50. The van der Waals surface area contributed by atoms with E-state index >= 15 is 0 Å². The fourth-order valence-electron chi connectivity index (χ4n) is 2.74. The summed E-state index contributed by atoms with van der Waals surface area (Å²) >= 11 is 15.9. The molecule has 144 valence electrons. The van der Waals surface area contributed by atoms with Crippen molar-refractivity contribution < 1.29 is 0 Å². The molecule has 0 bridgehead atoms. The van der Waals surface area contributed by atoms with E-state index in [1.54, 1.807) is 30.7 Å². The number of nitrogens with one attached hydrogen (secondary N) is 1. The van der Waals surface area contributed by atoms with Crippen molar-refractivity contribution in [2.75, 3.05) is 5.43 Å². The van der Waals surface area contributed by atoms with E-state index in [1.165, 1.54) is 0 Å². The second-order valence-corrected chi connectivity index (χ2v) is 7.79. The lowest BCUT2D eigenvalue weighted by atomic mass is 10.1. The maximum atomic E-state index is 6.25. The predicted octanol–water partition coefficient (Wildman–Crippen LogP) is 6.45. The van der Waals surface area contributed by atoms with Crippen molar-refractivity contribution in [3.63, 3.8) is 0 Å². The largest absolute Gasteiger partial charge is 0.275 e. The first-order valence-electron chi connectivity index (χ1n) is 8.61. The van der Waals surface area contributed by atoms with Crippen molar-refractivity contribution >= 4 is 51.0 Å². The molecular formula is C21H14BrCl2N5. The molecule has 0 aliphatic carbocycles. The Morgan fingerprint density at radius 2 is 1.69 bits per heavy atom. The first-order valence-corrected chi connectivity index (χ1v) is 10.2. The van der Waals surface area contributed by atoms with Crippen LogP contribution in [0.25, 0.3) is 16.9 Å². The Kier molecular flexibility index (Phi) is 5.94. The summed E-state index contributed by atoms with van der Waals surface area (Å²) in [6.45, 7) is 0. The van der Waals surface area contributed by atoms with E-state index in [4.69, 9.17) is 28.3 Å². The number of benzene rings is 2. The molecule has 0 fully saturated rings. The van der Waals surface area contributed by atoms with Gasteiger partial charge in [-0.25, -0.2) is 4.68 Å². The Labute approximate surface area is 186 Å². The average molecular weight is 487 g/mol. The molecule has 0 spiro atoms. The zero-order valence-corrected chi connectivity index (χ0v) is 18.0. The minimum Gasteiger partial charge on any atom is -0.275 e. The SMILES string of the molecule is Clc1cc(Br)cc(Cl)c1NN=Cc1cn(-c2ccccc2)nc1-c1ccncc1. The van der Waals surface area contributed by atoms with Crippen LogP contribution in [0.2, 0.25) is 10.0 Å². The topological polar surface area (TPSA) is 55.1 Å². The molecule has 0 atom stereocenters. The normalized spacial score (nSPS) is 11.1. The monoisotopic (exact) mass is 485 g/mol. The number of halogens is 3. The van der Waals surface area contributed by atoms with E-state index in [0.717, 1.165) is 27.0 Å². The van der Waals surface area contributed by atoms with Crippen molar-refractivity contribution in [1.82, 2.24) is 14.8 Å². The summed E-state index contributed by atoms with van der Waals surface area (Å²) < 4.78 is 2.61. The maximum Gasteiger partial charge on any atom is 0.102 e. The Morgan fingerprint density at radius 3 is 2.38 bits per heavy atom. The van der Waals surface area contributed by atoms with E-state index < -0.39 is 0 Å². The average Bonchev–Trinajstić information content (AvgIpc) is 3.15. The number of para-hydroxylation sites is 1. The van der Waals surface area contributed by atoms with Crippen LogP contribution in [0.15, 0.2) is 82.8 Å². The summed E-state index contributed by atoms with van der Waals surface area (Å²) in [5.41, 5.74) is 6.97. The molecule has 1 N–H and O–H groups in total. The number of rotatable bonds is 5. The summed E-state index contributed by atoms with van der Waals surface area (Å²) in [7, 11) is 0. The van der Waals surface area contributed by atoms with Crippen molar-refractivity contribution in [3.8, 4) is 16.9 Å². The van der Waals surface area contributed by atoms with E-state index in [0.29, 0.717) is 15.7 Å². The second-order valence-electron chi connectivity index (χ2n) is 6.06. The van der Waals surface area contributed by atoms with Crippen LogP contribution in [0.5, 0.6) is 0 Å². The molecule has 0 aliphatic heterocycles. The second kappa shape index (κ2) is 8.78. The van der Waals surface area contributed by atoms with Crippen LogP contribution in [0.4, 0.5) is 5.69 Å². The van der Waals surface area contributed by atoms with Crippen molar-refractivity contribution in [2.24, 2.45) is 5.10 Å². The molecule has 0 amide bonds. The molecular weight excluding hydrogens is 473 g/mol. The lowest BCUT2D eigenvalue weighted by molar-refractivity contribution is 0.884. The van der Waals surface area contributed by atoms with Crippen LogP contribution in [0.3, 0.4) is 0 Å². The van der Waals surface area contributed by atoms with Gasteiger partial charge in [0, 0.05) is 34.2 Å². The molecule has 2 aromatic heterocycles. The first-order chi connectivity index (χ1) is 14.1. The van der Waals surface area contributed by atoms with Gasteiger partial charge >= 0.3 is 0 Å². The lowest BCUT2D eigenvalue weighted by Gasteiger charge is -2.06. The smallest absolute Gasteiger partial charge is 0.102 e. The highest BCUT2D eigenvalue weighted by molar-refractivity contribution is 9.10. The lowest BCUT2D eigenvalue weighted by Crippen LogP contribution is -1.93.